The molecule has 0 bridgehead atoms. The van der Waals surface area contributed by atoms with Gasteiger partial charge in [0.15, 0.2) is 0 Å². The van der Waals surface area contributed by atoms with Gasteiger partial charge in [-0.15, -0.1) is 0 Å². The molecule has 1 aromatic carbocycles. The summed E-state index contributed by atoms with van der Waals surface area (Å²) in [6, 6.07) is 7.78. The van der Waals surface area contributed by atoms with E-state index < -0.39 is 12.0 Å². The van der Waals surface area contributed by atoms with Crippen molar-refractivity contribution in [3.05, 3.63) is 35.5 Å². The molecule has 0 saturated carbocycles. The highest BCUT2D eigenvalue weighted by Gasteiger charge is 2.32. The lowest BCUT2D eigenvalue weighted by atomic mass is 9.91. The molecule has 0 saturated heterocycles. The first-order valence-electron chi connectivity index (χ1n) is 7.29. The number of carboxylic acids is 1. The molecule has 0 unspecified atom stereocenters. The molecule has 3 N–H and O–H groups in total. The summed E-state index contributed by atoms with van der Waals surface area (Å²) in [5, 5.41) is 13.8. The molecule has 1 aromatic heterocycles. The zero-order chi connectivity index (χ0) is 14.1. The van der Waals surface area contributed by atoms with E-state index in [9.17, 15) is 9.90 Å². The number of aromatic amines is 1. The van der Waals surface area contributed by atoms with E-state index in [1.807, 2.05) is 12.1 Å². The maximum atomic E-state index is 11.4. The van der Waals surface area contributed by atoms with E-state index in [2.05, 4.69) is 29.4 Å². The first-order valence-corrected chi connectivity index (χ1v) is 7.29. The van der Waals surface area contributed by atoms with Gasteiger partial charge in [0, 0.05) is 29.1 Å². The van der Waals surface area contributed by atoms with Crippen LogP contribution in [-0.4, -0.2) is 22.1 Å². The van der Waals surface area contributed by atoms with Crippen molar-refractivity contribution >= 4 is 16.9 Å². The molecule has 4 nitrogen and oxygen atoms in total. The van der Waals surface area contributed by atoms with E-state index in [1.54, 1.807) is 0 Å². The number of nitrogens with one attached hydrogen (secondary N) is 2. The highest BCUT2D eigenvalue weighted by Crippen LogP contribution is 2.33. The topological polar surface area (TPSA) is 65.1 Å². The molecular formula is C16H20N2O2. The van der Waals surface area contributed by atoms with Gasteiger partial charge in [0.25, 0.3) is 0 Å². The van der Waals surface area contributed by atoms with Crippen molar-refractivity contribution in [1.82, 2.24) is 10.3 Å². The van der Waals surface area contributed by atoms with Gasteiger partial charge in [-0.05, 0) is 18.1 Å². The van der Waals surface area contributed by atoms with Crippen molar-refractivity contribution in [1.29, 1.82) is 0 Å². The van der Waals surface area contributed by atoms with Crippen molar-refractivity contribution in [3.8, 4) is 0 Å². The summed E-state index contributed by atoms with van der Waals surface area (Å²) >= 11 is 0. The predicted molar refractivity (Wildman–Crippen MR) is 78.8 cm³/mol. The van der Waals surface area contributed by atoms with Gasteiger partial charge in [-0.25, -0.2) is 0 Å². The van der Waals surface area contributed by atoms with Crippen LogP contribution >= 0.6 is 0 Å². The van der Waals surface area contributed by atoms with Crippen LogP contribution in [0, 0.1) is 0 Å². The number of para-hydroxylation sites is 1. The van der Waals surface area contributed by atoms with Crippen LogP contribution in [0.4, 0.5) is 0 Å². The van der Waals surface area contributed by atoms with Crippen molar-refractivity contribution in [2.75, 3.05) is 0 Å². The Hall–Kier alpha value is -1.81. The maximum absolute atomic E-state index is 11.4. The van der Waals surface area contributed by atoms with Gasteiger partial charge < -0.3 is 10.1 Å². The number of H-pyrrole nitrogens is 1. The van der Waals surface area contributed by atoms with Crippen LogP contribution in [0.5, 0.6) is 0 Å². The third-order valence-electron chi connectivity index (χ3n) is 4.15. The molecule has 1 aliphatic rings. The summed E-state index contributed by atoms with van der Waals surface area (Å²) in [5.74, 6) is -0.762. The summed E-state index contributed by atoms with van der Waals surface area (Å²) in [6.45, 7) is 2.16. The van der Waals surface area contributed by atoms with Crippen molar-refractivity contribution in [2.45, 2.75) is 44.7 Å². The number of benzene rings is 1. The Bertz CT molecular complexity index is 632. The lowest BCUT2D eigenvalue weighted by Crippen LogP contribution is -2.44. The number of hydrogen-bond acceptors (Lipinski definition) is 2. The molecule has 2 aromatic rings. The summed E-state index contributed by atoms with van der Waals surface area (Å²) in [7, 11) is 0. The molecule has 0 amide bonds. The molecule has 0 fully saturated rings. The number of carbonyl (C=O) groups is 1. The maximum Gasteiger partial charge on any atom is 0.321 e. The summed E-state index contributed by atoms with van der Waals surface area (Å²) in [5.41, 5.74) is 3.46. The zero-order valence-corrected chi connectivity index (χ0v) is 11.6. The Morgan fingerprint density at radius 2 is 2.20 bits per heavy atom. The predicted octanol–water partition coefficient (Wildman–Crippen LogP) is 3.00. The molecule has 3 rings (SSSR count). The minimum Gasteiger partial charge on any atom is -0.480 e. The summed E-state index contributed by atoms with van der Waals surface area (Å²) < 4.78 is 0. The van der Waals surface area contributed by atoms with Crippen molar-refractivity contribution in [3.63, 3.8) is 0 Å². The number of rotatable bonds is 4. The number of carboxylic acid groups (broad SMARTS) is 1. The SMILES string of the molecule is CCCC[C@@H]1N[C@H](C(=O)O)Cc2c1[nH]c1ccccc21. The van der Waals surface area contributed by atoms with Crippen LogP contribution in [0.15, 0.2) is 24.3 Å². The van der Waals surface area contributed by atoms with Gasteiger partial charge in [-0.3, -0.25) is 10.1 Å². The third-order valence-corrected chi connectivity index (χ3v) is 4.15. The van der Waals surface area contributed by atoms with E-state index >= 15 is 0 Å². The standard InChI is InChI=1S/C16H20N2O2/c1-2-3-7-13-15-11(9-14(17-13)16(19)20)10-6-4-5-8-12(10)18-15/h4-6,8,13-14,17-18H,2-3,7,9H2,1H3,(H,19,20)/t13-,14-/m0/s1. The fourth-order valence-corrected chi connectivity index (χ4v) is 3.12. The third kappa shape index (κ3) is 2.20. The molecule has 20 heavy (non-hydrogen) atoms. The fourth-order valence-electron chi connectivity index (χ4n) is 3.12. The van der Waals surface area contributed by atoms with Gasteiger partial charge in [0.05, 0.1) is 0 Å². The van der Waals surface area contributed by atoms with E-state index in [0.29, 0.717) is 6.42 Å². The minimum absolute atomic E-state index is 0.118. The number of aromatic nitrogens is 1. The van der Waals surface area contributed by atoms with Crippen LogP contribution in [-0.2, 0) is 11.2 Å². The van der Waals surface area contributed by atoms with Crippen LogP contribution in [0.2, 0.25) is 0 Å². The largest absolute Gasteiger partial charge is 0.480 e. The molecule has 2 heterocycles. The smallest absolute Gasteiger partial charge is 0.321 e. The van der Waals surface area contributed by atoms with Crippen LogP contribution in [0.3, 0.4) is 0 Å². The second-order valence-corrected chi connectivity index (χ2v) is 5.52. The van der Waals surface area contributed by atoms with E-state index in [0.717, 1.165) is 30.2 Å². The molecule has 0 spiro atoms. The second kappa shape index (κ2) is 5.29. The number of hydrogen-bond donors (Lipinski definition) is 3. The monoisotopic (exact) mass is 272 g/mol. The molecule has 106 valence electrons. The Labute approximate surface area is 118 Å². The average molecular weight is 272 g/mol. The van der Waals surface area contributed by atoms with Gasteiger partial charge in [0.1, 0.15) is 6.04 Å². The first-order chi connectivity index (χ1) is 9.70. The van der Waals surface area contributed by atoms with E-state index in [-0.39, 0.29) is 6.04 Å². The molecule has 4 heteroatoms. The first kappa shape index (κ1) is 13.2. The van der Waals surface area contributed by atoms with Crippen molar-refractivity contribution in [2.24, 2.45) is 0 Å². The Morgan fingerprint density at radius 3 is 2.95 bits per heavy atom. The molecule has 2 atom stereocenters. The van der Waals surface area contributed by atoms with Crippen LogP contribution in [0.1, 0.15) is 43.5 Å². The molecule has 1 aliphatic heterocycles. The van der Waals surface area contributed by atoms with Crippen LogP contribution < -0.4 is 5.32 Å². The summed E-state index contributed by atoms with van der Waals surface area (Å²) in [6.07, 6.45) is 3.74. The van der Waals surface area contributed by atoms with Gasteiger partial charge >= 0.3 is 5.97 Å². The summed E-state index contributed by atoms with van der Waals surface area (Å²) in [4.78, 5) is 14.8. The number of aliphatic carboxylic acids is 1. The van der Waals surface area contributed by atoms with Crippen molar-refractivity contribution < 1.29 is 9.90 Å². The fraction of sp³-hybridized carbons (Fsp3) is 0.438. The van der Waals surface area contributed by atoms with Gasteiger partial charge in [0.2, 0.25) is 0 Å². The van der Waals surface area contributed by atoms with E-state index in [1.165, 1.54) is 11.3 Å². The van der Waals surface area contributed by atoms with Gasteiger partial charge in [-0.2, -0.15) is 0 Å². The highest BCUT2D eigenvalue weighted by molar-refractivity contribution is 5.86. The molecule has 0 radical (unpaired) electrons. The minimum atomic E-state index is -0.762. The van der Waals surface area contributed by atoms with Gasteiger partial charge in [-0.1, -0.05) is 38.0 Å². The normalized spacial score (nSPS) is 21.9. The Kier molecular flexibility index (Phi) is 3.49. The Morgan fingerprint density at radius 1 is 1.40 bits per heavy atom. The second-order valence-electron chi connectivity index (χ2n) is 5.52. The lowest BCUT2D eigenvalue weighted by molar-refractivity contribution is -0.139. The Balaban J connectivity index is 2.04. The molecular weight excluding hydrogens is 252 g/mol. The highest BCUT2D eigenvalue weighted by atomic mass is 16.4. The van der Waals surface area contributed by atoms with Crippen LogP contribution in [0.25, 0.3) is 10.9 Å². The quantitative estimate of drug-likeness (QED) is 0.801. The zero-order valence-electron chi connectivity index (χ0n) is 11.6. The molecule has 0 aliphatic carbocycles. The average Bonchev–Trinajstić information content (AvgIpc) is 2.83. The number of unbranched alkanes of at least 4 members (excludes halogenated alkanes) is 1. The lowest BCUT2D eigenvalue weighted by Gasteiger charge is -2.29. The van der Waals surface area contributed by atoms with E-state index in [4.69, 9.17) is 0 Å². The number of fused-ring (bicyclic) bond motifs is 3.